The molecule has 0 amide bonds. The van der Waals surface area contributed by atoms with Crippen LogP contribution >= 0.6 is 23.4 Å². The fraction of sp³-hybridized carbons (Fsp3) is 0.100. The van der Waals surface area contributed by atoms with Crippen molar-refractivity contribution in [2.24, 2.45) is 0 Å². The largest absolute Gasteiger partial charge is 0.368 e. The Kier molecular flexibility index (Phi) is 3.65. The summed E-state index contributed by atoms with van der Waals surface area (Å²) in [6, 6.07) is 7.58. The first-order valence-electron chi connectivity index (χ1n) is 4.78. The third kappa shape index (κ3) is 3.47. The van der Waals surface area contributed by atoms with Gasteiger partial charge < -0.3 is 11.5 Å². The molecule has 0 saturated heterocycles. The van der Waals surface area contributed by atoms with E-state index in [0.29, 0.717) is 10.2 Å². The van der Waals surface area contributed by atoms with Crippen LogP contribution in [0.5, 0.6) is 0 Å². The standard InChI is InChI=1S/C10H10ClN5S/c11-7-3-1-6(2-4-7)5-17-10-15-8(12)14-9(13)16-10/h1-4H,5H2,(H4,12,13,14,15,16). The molecule has 7 heteroatoms. The van der Waals surface area contributed by atoms with Gasteiger partial charge in [0.2, 0.25) is 11.9 Å². The number of thioether (sulfide) groups is 1. The maximum absolute atomic E-state index is 5.80. The number of rotatable bonds is 3. The number of anilines is 2. The van der Waals surface area contributed by atoms with Crippen LogP contribution in [0.15, 0.2) is 29.4 Å². The second kappa shape index (κ2) is 5.20. The van der Waals surface area contributed by atoms with Gasteiger partial charge in [0.1, 0.15) is 0 Å². The van der Waals surface area contributed by atoms with Gasteiger partial charge in [-0.3, -0.25) is 0 Å². The van der Waals surface area contributed by atoms with Crippen molar-refractivity contribution < 1.29 is 0 Å². The van der Waals surface area contributed by atoms with Crippen molar-refractivity contribution in [1.82, 2.24) is 15.0 Å². The summed E-state index contributed by atoms with van der Waals surface area (Å²) in [4.78, 5) is 11.7. The van der Waals surface area contributed by atoms with Crippen LogP contribution in [-0.4, -0.2) is 15.0 Å². The predicted octanol–water partition coefficient (Wildman–Crippen LogP) is 1.98. The SMILES string of the molecule is Nc1nc(N)nc(SCc2ccc(Cl)cc2)n1. The average Bonchev–Trinajstić information content (AvgIpc) is 2.27. The molecule has 0 aliphatic rings. The number of aromatic nitrogens is 3. The molecule has 0 aliphatic carbocycles. The van der Waals surface area contributed by atoms with Crippen molar-refractivity contribution in [3.8, 4) is 0 Å². The van der Waals surface area contributed by atoms with Crippen LogP contribution in [0.25, 0.3) is 0 Å². The fourth-order valence-electron chi connectivity index (χ4n) is 1.18. The first-order valence-corrected chi connectivity index (χ1v) is 6.14. The average molecular weight is 268 g/mol. The zero-order chi connectivity index (χ0) is 12.3. The molecule has 2 aromatic rings. The Hall–Kier alpha value is -1.53. The van der Waals surface area contributed by atoms with Crippen LogP contribution in [0.4, 0.5) is 11.9 Å². The van der Waals surface area contributed by atoms with Gasteiger partial charge in [0.25, 0.3) is 0 Å². The van der Waals surface area contributed by atoms with Crippen molar-refractivity contribution in [1.29, 1.82) is 0 Å². The van der Waals surface area contributed by atoms with E-state index in [4.69, 9.17) is 23.1 Å². The lowest BCUT2D eigenvalue weighted by Crippen LogP contribution is -2.03. The Balaban J connectivity index is 2.04. The topological polar surface area (TPSA) is 90.7 Å². The molecule has 0 radical (unpaired) electrons. The minimum absolute atomic E-state index is 0.135. The molecule has 1 aromatic carbocycles. The predicted molar refractivity (Wildman–Crippen MR) is 69.7 cm³/mol. The maximum atomic E-state index is 5.80. The van der Waals surface area contributed by atoms with E-state index in [9.17, 15) is 0 Å². The van der Waals surface area contributed by atoms with Gasteiger partial charge in [0.15, 0.2) is 5.16 Å². The molecule has 1 aromatic heterocycles. The summed E-state index contributed by atoms with van der Waals surface area (Å²) in [5, 5.41) is 1.23. The van der Waals surface area contributed by atoms with Crippen molar-refractivity contribution in [3.05, 3.63) is 34.9 Å². The van der Waals surface area contributed by atoms with E-state index >= 15 is 0 Å². The lowest BCUT2D eigenvalue weighted by atomic mass is 10.2. The first-order chi connectivity index (χ1) is 8.13. The van der Waals surface area contributed by atoms with Gasteiger partial charge in [0, 0.05) is 10.8 Å². The number of halogens is 1. The number of hydrogen-bond acceptors (Lipinski definition) is 6. The number of hydrogen-bond donors (Lipinski definition) is 2. The molecule has 0 fully saturated rings. The quantitative estimate of drug-likeness (QED) is 0.827. The van der Waals surface area contributed by atoms with Crippen LogP contribution in [0.3, 0.4) is 0 Å². The lowest BCUT2D eigenvalue weighted by molar-refractivity contribution is 0.929. The van der Waals surface area contributed by atoms with Crippen LogP contribution in [0, 0.1) is 0 Å². The third-order valence-electron chi connectivity index (χ3n) is 1.93. The van der Waals surface area contributed by atoms with Gasteiger partial charge in [-0.25, -0.2) is 0 Å². The Labute approximate surface area is 108 Å². The van der Waals surface area contributed by atoms with Crippen molar-refractivity contribution in [2.75, 3.05) is 11.5 Å². The molecule has 0 unspecified atom stereocenters. The van der Waals surface area contributed by atoms with E-state index in [1.807, 2.05) is 24.3 Å². The monoisotopic (exact) mass is 267 g/mol. The Morgan fingerprint density at radius 2 is 1.59 bits per heavy atom. The van der Waals surface area contributed by atoms with E-state index in [2.05, 4.69) is 15.0 Å². The highest BCUT2D eigenvalue weighted by Crippen LogP contribution is 2.21. The Morgan fingerprint density at radius 3 is 2.18 bits per heavy atom. The van der Waals surface area contributed by atoms with Gasteiger partial charge in [-0.15, -0.1) is 0 Å². The molecule has 17 heavy (non-hydrogen) atoms. The molecule has 0 saturated carbocycles. The van der Waals surface area contributed by atoms with Crippen LogP contribution < -0.4 is 11.5 Å². The summed E-state index contributed by atoms with van der Waals surface area (Å²) in [6.07, 6.45) is 0. The summed E-state index contributed by atoms with van der Waals surface area (Å²) >= 11 is 7.24. The highest BCUT2D eigenvalue weighted by molar-refractivity contribution is 7.98. The number of nitrogen functional groups attached to an aromatic ring is 2. The van der Waals surface area contributed by atoms with E-state index in [0.717, 1.165) is 11.3 Å². The van der Waals surface area contributed by atoms with Crippen molar-refractivity contribution in [2.45, 2.75) is 10.9 Å². The van der Waals surface area contributed by atoms with E-state index < -0.39 is 0 Å². The normalized spacial score (nSPS) is 10.4. The zero-order valence-corrected chi connectivity index (χ0v) is 10.4. The van der Waals surface area contributed by atoms with Gasteiger partial charge in [-0.2, -0.15) is 15.0 Å². The molecule has 0 spiro atoms. The van der Waals surface area contributed by atoms with Gasteiger partial charge >= 0.3 is 0 Å². The van der Waals surface area contributed by atoms with Crippen LogP contribution in [-0.2, 0) is 5.75 Å². The summed E-state index contributed by atoms with van der Waals surface area (Å²) < 4.78 is 0. The lowest BCUT2D eigenvalue weighted by Gasteiger charge is -2.02. The Bertz CT molecular complexity index is 496. The zero-order valence-electron chi connectivity index (χ0n) is 8.80. The van der Waals surface area contributed by atoms with Crippen LogP contribution in [0.1, 0.15) is 5.56 Å². The molecule has 88 valence electrons. The molecule has 0 bridgehead atoms. The van der Waals surface area contributed by atoms with E-state index in [1.165, 1.54) is 11.8 Å². The Morgan fingerprint density at radius 1 is 1.00 bits per heavy atom. The summed E-state index contributed by atoms with van der Waals surface area (Å²) in [5.41, 5.74) is 12.1. The molecular weight excluding hydrogens is 258 g/mol. The second-order valence-corrected chi connectivity index (χ2v) is 4.63. The molecule has 5 nitrogen and oxygen atoms in total. The summed E-state index contributed by atoms with van der Waals surface area (Å²) in [5.74, 6) is 0.993. The van der Waals surface area contributed by atoms with Crippen molar-refractivity contribution in [3.63, 3.8) is 0 Å². The number of benzene rings is 1. The molecule has 2 rings (SSSR count). The molecule has 0 aliphatic heterocycles. The highest BCUT2D eigenvalue weighted by Gasteiger charge is 2.03. The van der Waals surface area contributed by atoms with Crippen LogP contribution in [0.2, 0.25) is 5.02 Å². The molecule has 1 heterocycles. The third-order valence-corrected chi connectivity index (χ3v) is 3.10. The number of nitrogens with two attached hydrogens (primary N) is 2. The second-order valence-electron chi connectivity index (χ2n) is 3.25. The molecule has 0 atom stereocenters. The summed E-state index contributed by atoms with van der Waals surface area (Å²) in [6.45, 7) is 0. The summed E-state index contributed by atoms with van der Waals surface area (Å²) in [7, 11) is 0. The first kappa shape index (κ1) is 11.9. The minimum Gasteiger partial charge on any atom is -0.368 e. The van der Waals surface area contributed by atoms with Gasteiger partial charge in [-0.05, 0) is 17.7 Å². The van der Waals surface area contributed by atoms with E-state index in [-0.39, 0.29) is 11.9 Å². The minimum atomic E-state index is 0.135. The van der Waals surface area contributed by atoms with E-state index in [1.54, 1.807) is 0 Å². The fourth-order valence-corrected chi connectivity index (χ4v) is 2.11. The van der Waals surface area contributed by atoms with Gasteiger partial charge in [-0.1, -0.05) is 35.5 Å². The highest BCUT2D eigenvalue weighted by atomic mass is 35.5. The molecule has 4 N–H and O–H groups in total. The smallest absolute Gasteiger partial charge is 0.225 e. The van der Waals surface area contributed by atoms with Crippen molar-refractivity contribution >= 4 is 35.3 Å². The molecular formula is C10H10ClN5S. The van der Waals surface area contributed by atoms with Gasteiger partial charge in [0.05, 0.1) is 0 Å². The maximum Gasteiger partial charge on any atom is 0.225 e. The number of nitrogens with zero attached hydrogens (tertiary/aromatic N) is 3.